The number of nitro benzene ring substituents is 1. The van der Waals surface area contributed by atoms with Crippen LogP contribution in [0.3, 0.4) is 0 Å². The third kappa shape index (κ3) is 11.2. The van der Waals surface area contributed by atoms with Crippen LogP contribution < -0.4 is 36.1 Å². The van der Waals surface area contributed by atoms with Crippen molar-refractivity contribution >= 4 is 69.7 Å². The lowest BCUT2D eigenvalue weighted by Gasteiger charge is -2.24. The van der Waals surface area contributed by atoms with Crippen LogP contribution in [0.25, 0.3) is 0 Å². The predicted molar refractivity (Wildman–Crippen MR) is 230 cm³/mol. The molecule has 5 amide bonds. The average molecular weight is 877 g/mol. The molecule has 0 aliphatic rings. The number of hydrogen-bond donors (Lipinski definition) is 7. The molecule has 5 aromatic rings. The molecule has 0 radical (unpaired) electrons. The molecule has 2 atom stereocenters. The van der Waals surface area contributed by atoms with Crippen LogP contribution in [-0.4, -0.2) is 89.4 Å². The van der Waals surface area contributed by atoms with Crippen molar-refractivity contribution in [3.8, 4) is 17.2 Å². The van der Waals surface area contributed by atoms with Gasteiger partial charge in [0, 0.05) is 47.3 Å². The number of ketones is 1. The fourth-order valence-electron chi connectivity index (χ4n) is 6.06. The number of aromatic carboxylic acids is 1. The number of Topliss-reactive ketones (excluding diaryl/α,β-unsaturated/α-hetero) is 1. The highest BCUT2D eigenvalue weighted by molar-refractivity contribution is 6.10. The Morgan fingerprint density at radius 2 is 1.19 bits per heavy atom. The van der Waals surface area contributed by atoms with Crippen molar-refractivity contribution in [2.45, 2.75) is 26.0 Å². The fourth-order valence-corrected chi connectivity index (χ4v) is 6.06. The van der Waals surface area contributed by atoms with Crippen LogP contribution in [0, 0.1) is 10.1 Å². The number of aromatic hydroxyl groups is 1. The maximum atomic E-state index is 13.6. The Morgan fingerprint density at radius 1 is 0.672 bits per heavy atom. The highest BCUT2D eigenvalue weighted by Crippen LogP contribution is 2.39. The summed E-state index contributed by atoms with van der Waals surface area (Å²) in [6.45, 7) is 2.84. The van der Waals surface area contributed by atoms with Gasteiger partial charge in [-0.3, -0.25) is 38.9 Å². The first kappa shape index (κ1) is 46.4. The maximum Gasteiger partial charge on any atom is 0.335 e. The Bertz CT molecular complexity index is 2620. The van der Waals surface area contributed by atoms with Crippen LogP contribution in [0.5, 0.6) is 17.2 Å². The van der Waals surface area contributed by atoms with E-state index in [0.29, 0.717) is 5.69 Å². The van der Waals surface area contributed by atoms with E-state index in [1.807, 2.05) is 0 Å². The van der Waals surface area contributed by atoms with E-state index in [4.69, 9.17) is 14.2 Å². The molecule has 0 saturated heterocycles. The zero-order valence-corrected chi connectivity index (χ0v) is 34.4. The minimum Gasteiger partial charge on any atom is -0.504 e. The van der Waals surface area contributed by atoms with Crippen molar-refractivity contribution in [3.63, 3.8) is 0 Å². The number of non-ortho nitro benzene ring substituents is 1. The van der Waals surface area contributed by atoms with Gasteiger partial charge in [-0.15, -0.1) is 0 Å². The standard InChI is InChI=1S/C44H40N6O14/c1-5-64-38-33(21-19-31(36(38)52)42(56)47-32-20-12-27(44(58)59)22-34(32)62-3)48-40(54)24-6-15-29(16-7-24)46-43(57)35(37(63-4)23(2)51)49-41(55)25-8-13-28(14-9-25)45-39(53)26-10-17-30(18-11-26)50(60)61/h6-22,35,37,52H,5H2,1-4H3,(H,45,53)(H,46,57)(H,47,56)(H,48,54)(H,49,55)(H,58,59). The number of benzene rings is 5. The van der Waals surface area contributed by atoms with Gasteiger partial charge in [-0.05, 0) is 105 Å². The van der Waals surface area contributed by atoms with Gasteiger partial charge in [-0.25, -0.2) is 4.79 Å². The van der Waals surface area contributed by atoms with E-state index in [1.54, 1.807) is 6.92 Å². The molecule has 2 unspecified atom stereocenters. The van der Waals surface area contributed by atoms with Crippen molar-refractivity contribution in [3.05, 3.63) is 141 Å². The monoisotopic (exact) mass is 876 g/mol. The SMILES string of the molecule is CCOc1c(NC(=O)c2ccc(NC(=O)C(NC(=O)c3ccc(NC(=O)c4ccc([N+](=O)[O-])cc4)cc3)C(OC)C(C)=O)cc2)ccc(C(=O)Nc2ccc(C(=O)O)cc2OC)c1O. The fraction of sp³-hybridized carbons (Fsp3) is 0.159. The number of carbonyl (C=O) groups is 7. The molecule has 7 N–H and O–H groups in total. The molecule has 330 valence electrons. The summed E-state index contributed by atoms with van der Waals surface area (Å²) in [7, 11) is 2.48. The molecule has 20 nitrogen and oxygen atoms in total. The molecule has 0 heterocycles. The Labute approximate surface area is 363 Å². The van der Waals surface area contributed by atoms with Crippen molar-refractivity contribution in [1.29, 1.82) is 0 Å². The topological polar surface area (TPSA) is 291 Å². The van der Waals surface area contributed by atoms with E-state index >= 15 is 0 Å². The van der Waals surface area contributed by atoms with Gasteiger partial charge in [0.05, 0.1) is 41.1 Å². The van der Waals surface area contributed by atoms with Crippen LogP contribution in [0.2, 0.25) is 0 Å². The number of amides is 5. The number of methoxy groups -OCH3 is 2. The van der Waals surface area contributed by atoms with E-state index in [9.17, 15) is 53.9 Å². The molecular formula is C44H40N6O14. The van der Waals surface area contributed by atoms with Crippen molar-refractivity contribution in [1.82, 2.24) is 5.32 Å². The third-order valence-electron chi connectivity index (χ3n) is 9.30. The first-order valence-corrected chi connectivity index (χ1v) is 19.0. The summed E-state index contributed by atoms with van der Waals surface area (Å²) in [5.41, 5.74) is 0.421. The van der Waals surface area contributed by atoms with Crippen molar-refractivity contribution in [2.24, 2.45) is 0 Å². The molecule has 0 aliphatic heterocycles. The number of nitrogens with zero attached hydrogens (tertiary/aromatic N) is 1. The summed E-state index contributed by atoms with van der Waals surface area (Å²) in [6.07, 6.45) is -1.41. The number of rotatable bonds is 18. The van der Waals surface area contributed by atoms with Crippen molar-refractivity contribution < 1.29 is 62.9 Å². The van der Waals surface area contributed by atoms with E-state index in [0.717, 1.165) is 0 Å². The zero-order chi connectivity index (χ0) is 46.7. The predicted octanol–water partition coefficient (Wildman–Crippen LogP) is 5.50. The van der Waals surface area contributed by atoms with E-state index < -0.39 is 64.1 Å². The van der Waals surface area contributed by atoms with E-state index in [1.165, 1.54) is 124 Å². The molecule has 20 heteroatoms. The second-order valence-corrected chi connectivity index (χ2v) is 13.5. The summed E-state index contributed by atoms with van der Waals surface area (Å²) in [6, 6.07) is 20.9. The van der Waals surface area contributed by atoms with Gasteiger partial charge in [0.1, 0.15) is 17.9 Å². The highest BCUT2D eigenvalue weighted by atomic mass is 16.6. The Morgan fingerprint density at radius 3 is 1.72 bits per heavy atom. The molecule has 5 rings (SSSR count). The normalized spacial score (nSPS) is 11.5. The maximum absolute atomic E-state index is 13.6. The van der Waals surface area contributed by atoms with Crippen molar-refractivity contribution in [2.75, 3.05) is 42.1 Å². The summed E-state index contributed by atoms with van der Waals surface area (Å²) in [5, 5.41) is 44.1. The molecule has 0 aliphatic carbocycles. The summed E-state index contributed by atoms with van der Waals surface area (Å²) in [4.78, 5) is 100. The first-order chi connectivity index (χ1) is 30.5. The summed E-state index contributed by atoms with van der Waals surface area (Å²) in [5.74, 6) is -6.14. The molecule has 0 spiro atoms. The number of anilines is 4. The molecule has 0 saturated carbocycles. The Balaban J connectivity index is 1.24. The average Bonchev–Trinajstić information content (AvgIpc) is 3.27. The van der Waals surface area contributed by atoms with E-state index in [-0.39, 0.29) is 68.7 Å². The number of nitrogens with one attached hydrogen (secondary N) is 5. The smallest absolute Gasteiger partial charge is 0.335 e. The van der Waals surface area contributed by atoms with Crippen LogP contribution >= 0.6 is 0 Å². The number of nitro groups is 1. The number of ether oxygens (including phenoxy) is 3. The first-order valence-electron chi connectivity index (χ1n) is 19.0. The number of carbonyl (C=O) groups excluding carboxylic acids is 6. The number of phenols is 1. The minimum atomic E-state index is -1.53. The van der Waals surface area contributed by atoms with Gasteiger partial charge in [0.25, 0.3) is 29.3 Å². The van der Waals surface area contributed by atoms with Gasteiger partial charge in [0.15, 0.2) is 17.3 Å². The van der Waals surface area contributed by atoms with Gasteiger partial charge in [-0.1, -0.05) is 0 Å². The van der Waals surface area contributed by atoms with Gasteiger partial charge in [0.2, 0.25) is 5.91 Å². The number of carboxylic acids is 1. The van der Waals surface area contributed by atoms with Crippen LogP contribution in [0.15, 0.2) is 103 Å². The number of phenolic OH excluding ortho intramolecular Hbond substituents is 1. The second kappa shape index (κ2) is 20.7. The minimum absolute atomic E-state index is 0.0109. The lowest BCUT2D eigenvalue weighted by atomic mass is 10.0. The second-order valence-electron chi connectivity index (χ2n) is 13.5. The van der Waals surface area contributed by atoms with Crippen LogP contribution in [-0.2, 0) is 14.3 Å². The molecule has 0 fully saturated rings. The number of carboxylic acid groups (broad SMARTS) is 1. The third-order valence-corrected chi connectivity index (χ3v) is 9.30. The summed E-state index contributed by atoms with van der Waals surface area (Å²) < 4.78 is 16.1. The largest absolute Gasteiger partial charge is 0.504 e. The lowest BCUT2D eigenvalue weighted by molar-refractivity contribution is -0.384. The summed E-state index contributed by atoms with van der Waals surface area (Å²) >= 11 is 0. The molecule has 64 heavy (non-hydrogen) atoms. The van der Waals surface area contributed by atoms with Gasteiger partial charge in [-0.2, -0.15) is 0 Å². The Hall–Kier alpha value is -8.65. The highest BCUT2D eigenvalue weighted by Gasteiger charge is 2.34. The number of hydrogen-bond acceptors (Lipinski definition) is 13. The van der Waals surface area contributed by atoms with Gasteiger partial charge >= 0.3 is 5.97 Å². The van der Waals surface area contributed by atoms with E-state index in [2.05, 4.69) is 26.6 Å². The molecule has 5 aromatic carbocycles. The lowest BCUT2D eigenvalue weighted by Crippen LogP contribution is -2.54. The zero-order valence-electron chi connectivity index (χ0n) is 34.4. The Kier molecular flexibility index (Phi) is 15.0. The molecule has 0 bridgehead atoms. The van der Waals surface area contributed by atoms with Gasteiger partial charge < -0.3 is 51.0 Å². The van der Waals surface area contributed by atoms with Crippen LogP contribution in [0.1, 0.15) is 65.6 Å². The molecule has 0 aromatic heterocycles. The molecular weight excluding hydrogens is 837 g/mol. The quantitative estimate of drug-likeness (QED) is 0.0423. The van der Waals surface area contributed by atoms with Crippen LogP contribution in [0.4, 0.5) is 28.4 Å².